The van der Waals surface area contributed by atoms with E-state index in [0.29, 0.717) is 24.1 Å². The van der Waals surface area contributed by atoms with Gasteiger partial charge in [-0.15, -0.1) is 0 Å². The lowest BCUT2D eigenvalue weighted by atomic mass is 10.1. The molecule has 1 aliphatic rings. The van der Waals surface area contributed by atoms with Crippen LogP contribution in [0.15, 0.2) is 76.6 Å². The Bertz CT molecular complexity index is 1160. The van der Waals surface area contributed by atoms with Crippen molar-refractivity contribution in [2.45, 2.75) is 5.22 Å². The first-order valence-electron chi connectivity index (χ1n) is 10.1. The molecule has 31 heavy (non-hydrogen) atoms. The first-order chi connectivity index (χ1) is 15.3. The Morgan fingerprint density at radius 2 is 1.74 bits per heavy atom. The number of oxazole rings is 1. The van der Waals surface area contributed by atoms with E-state index in [1.807, 2.05) is 65.6 Å². The summed E-state index contributed by atoms with van der Waals surface area (Å²) in [6.45, 7) is 2.81. The number of carbonyl (C=O) groups is 1. The van der Waals surface area contributed by atoms with Crippen molar-refractivity contribution >= 4 is 34.6 Å². The predicted octanol–water partition coefficient (Wildman–Crippen LogP) is 3.73. The number of rotatable bonds is 5. The number of anilines is 1. The van der Waals surface area contributed by atoms with Gasteiger partial charge in [-0.25, -0.2) is 15.0 Å². The van der Waals surface area contributed by atoms with E-state index < -0.39 is 0 Å². The maximum Gasteiger partial charge on any atom is 0.257 e. The molecule has 0 aliphatic carbocycles. The van der Waals surface area contributed by atoms with Gasteiger partial charge in [0.1, 0.15) is 17.7 Å². The summed E-state index contributed by atoms with van der Waals surface area (Å²) in [6, 6.07) is 19.7. The summed E-state index contributed by atoms with van der Waals surface area (Å²) in [5.74, 6) is 1.31. The van der Waals surface area contributed by atoms with Gasteiger partial charge in [-0.1, -0.05) is 54.2 Å². The number of carbonyl (C=O) groups excluding carboxylic acids is 1. The molecular weight excluding hydrogens is 410 g/mol. The molecule has 7 nitrogen and oxygen atoms in total. The first-order valence-corrected chi connectivity index (χ1v) is 11.1. The van der Waals surface area contributed by atoms with Crippen LogP contribution in [-0.2, 0) is 4.79 Å². The summed E-state index contributed by atoms with van der Waals surface area (Å²) in [7, 11) is 0. The molecule has 156 valence electrons. The third-order valence-corrected chi connectivity index (χ3v) is 6.08. The molecule has 1 saturated heterocycles. The van der Waals surface area contributed by atoms with Crippen LogP contribution in [0, 0.1) is 0 Å². The van der Waals surface area contributed by atoms with E-state index in [1.165, 1.54) is 11.8 Å². The lowest BCUT2D eigenvalue weighted by Gasteiger charge is -2.35. The Hall–Kier alpha value is -3.39. The van der Waals surface area contributed by atoms with E-state index in [4.69, 9.17) is 4.42 Å². The van der Waals surface area contributed by atoms with Crippen molar-refractivity contribution < 1.29 is 9.21 Å². The number of piperazine rings is 1. The van der Waals surface area contributed by atoms with Crippen LogP contribution in [0.5, 0.6) is 0 Å². The number of para-hydroxylation sites is 2. The summed E-state index contributed by atoms with van der Waals surface area (Å²) < 4.78 is 5.69. The summed E-state index contributed by atoms with van der Waals surface area (Å²) in [4.78, 5) is 30.0. The van der Waals surface area contributed by atoms with Crippen molar-refractivity contribution in [3.05, 3.63) is 67.0 Å². The highest BCUT2D eigenvalue weighted by molar-refractivity contribution is 7.99. The largest absolute Gasteiger partial charge is 0.431 e. The van der Waals surface area contributed by atoms with Crippen LogP contribution in [0.1, 0.15) is 0 Å². The van der Waals surface area contributed by atoms with Gasteiger partial charge in [0.25, 0.3) is 5.22 Å². The normalized spacial score (nSPS) is 14.2. The third kappa shape index (κ3) is 4.39. The van der Waals surface area contributed by atoms with Gasteiger partial charge in [0.15, 0.2) is 5.58 Å². The minimum absolute atomic E-state index is 0.0968. The fourth-order valence-electron chi connectivity index (χ4n) is 3.60. The number of thioether (sulfide) groups is 1. The minimum Gasteiger partial charge on any atom is -0.431 e. The second-order valence-corrected chi connectivity index (χ2v) is 8.16. The van der Waals surface area contributed by atoms with Gasteiger partial charge in [-0.3, -0.25) is 4.79 Å². The molecule has 0 spiro atoms. The van der Waals surface area contributed by atoms with Crippen molar-refractivity contribution in [2.24, 2.45) is 0 Å². The first kappa shape index (κ1) is 19.6. The summed E-state index contributed by atoms with van der Waals surface area (Å²) in [6.07, 6.45) is 1.60. The van der Waals surface area contributed by atoms with E-state index >= 15 is 0 Å². The van der Waals surface area contributed by atoms with Gasteiger partial charge in [-0.05, 0) is 12.1 Å². The molecule has 8 heteroatoms. The molecule has 0 radical (unpaired) electrons. The molecule has 0 atom stereocenters. The molecule has 5 rings (SSSR count). The topological polar surface area (TPSA) is 75.4 Å². The van der Waals surface area contributed by atoms with E-state index in [9.17, 15) is 4.79 Å². The zero-order chi connectivity index (χ0) is 21.0. The Morgan fingerprint density at radius 3 is 2.55 bits per heavy atom. The predicted molar refractivity (Wildman–Crippen MR) is 121 cm³/mol. The molecular formula is C23H21N5O2S. The molecule has 3 heterocycles. The van der Waals surface area contributed by atoms with Crippen LogP contribution in [0.4, 0.5) is 5.82 Å². The van der Waals surface area contributed by atoms with Crippen LogP contribution in [0.3, 0.4) is 0 Å². The van der Waals surface area contributed by atoms with Crippen molar-refractivity contribution in [3.8, 4) is 11.3 Å². The van der Waals surface area contributed by atoms with Crippen LogP contribution in [-0.4, -0.2) is 57.7 Å². The van der Waals surface area contributed by atoms with Crippen molar-refractivity contribution in [3.63, 3.8) is 0 Å². The fraction of sp³-hybridized carbons (Fsp3) is 0.217. The standard InChI is InChI=1S/C23H21N5O2S/c29-22(15-31-23-26-18-8-4-5-9-20(18)30-23)28-12-10-27(11-13-28)21-14-19(24-16-25-21)17-6-2-1-3-7-17/h1-9,14,16H,10-13,15H2. The van der Waals surface area contributed by atoms with Gasteiger partial charge in [0.05, 0.1) is 11.4 Å². The van der Waals surface area contributed by atoms with Gasteiger partial charge >= 0.3 is 0 Å². The highest BCUT2D eigenvalue weighted by Crippen LogP contribution is 2.24. The van der Waals surface area contributed by atoms with Gasteiger partial charge in [0.2, 0.25) is 5.91 Å². The van der Waals surface area contributed by atoms with Crippen LogP contribution in [0.2, 0.25) is 0 Å². The Balaban J connectivity index is 1.17. The van der Waals surface area contributed by atoms with E-state index in [1.54, 1.807) is 6.33 Å². The molecule has 0 unspecified atom stereocenters. The molecule has 0 bridgehead atoms. The number of aromatic nitrogens is 3. The summed E-state index contributed by atoms with van der Waals surface area (Å²) in [5, 5.41) is 0.530. The molecule has 1 fully saturated rings. The second kappa shape index (κ2) is 8.77. The van der Waals surface area contributed by atoms with Crippen LogP contribution >= 0.6 is 11.8 Å². The zero-order valence-electron chi connectivity index (χ0n) is 16.8. The SMILES string of the molecule is O=C(CSc1nc2ccccc2o1)N1CCN(c2cc(-c3ccccc3)ncn2)CC1. The Morgan fingerprint density at radius 1 is 0.968 bits per heavy atom. The number of amides is 1. The fourth-order valence-corrected chi connectivity index (χ4v) is 4.34. The monoisotopic (exact) mass is 431 g/mol. The zero-order valence-corrected chi connectivity index (χ0v) is 17.7. The van der Waals surface area contributed by atoms with Crippen molar-refractivity contribution in [2.75, 3.05) is 36.8 Å². The Labute approximate surface area is 184 Å². The Kier molecular flexibility index (Phi) is 5.54. The number of fused-ring (bicyclic) bond motifs is 1. The van der Waals surface area contributed by atoms with Gasteiger partial charge < -0.3 is 14.2 Å². The van der Waals surface area contributed by atoms with Crippen molar-refractivity contribution in [1.29, 1.82) is 0 Å². The molecule has 0 N–H and O–H groups in total. The highest BCUT2D eigenvalue weighted by atomic mass is 32.2. The van der Waals surface area contributed by atoms with Gasteiger partial charge in [-0.2, -0.15) is 0 Å². The second-order valence-electron chi connectivity index (χ2n) is 7.23. The lowest BCUT2D eigenvalue weighted by Crippen LogP contribution is -2.49. The van der Waals surface area contributed by atoms with Crippen LogP contribution < -0.4 is 4.90 Å². The van der Waals surface area contributed by atoms with Crippen LogP contribution in [0.25, 0.3) is 22.4 Å². The maximum absolute atomic E-state index is 12.7. The number of hydrogen-bond acceptors (Lipinski definition) is 7. The minimum atomic E-state index is 0.0968. The molecule has 2 aromatic heterocycles. The lowest BCUT2D eigenvalue weighted by molar-refractivity contribution is -0.128. The van der Waals surface area contributed by atoms with E-state index in [0.717, 1.165) is 41.3 Å². The van der Waals surface area contributed by atoms with Crippen molar-refractivity contribution in [1.82, 2.24) is 19.9 Å². The number of hydrogen-bond donors (Lipinski definition) is 0. The summed E-state index contributed by atoms with van der Waals surface area (Å²) >= 11 is 1.34. The quantitative estimate of drug-likeness (QED) is 0.446. The number of benzene rings is 2. The van der Waals surface area contributed by atoms with E-state index in [2.05, 4.69) is 19.9 Å². The average Bonchev–Trinajstić information content (AvgIpc) is 3.26. The molecule has 1 amide bonds. The third-order valence-electron chi connectivity index (χ3n) is 5.27. The molecule has 4 aromatic rings. The number of nitrogens with zero attached hydrogens (tertiary/aromatic N) is 5. The highest BCUT2D eigenvalue weighted by Gasteiger charge is 2.23. The smallest absolute Gasteiger partial charge is 0.257 e. The van der Waals surface area contributed by atoms with E-state index in [-0.39, 0.29) is 5.91 Å². The average molecular weight is 432 g/mol. The maximum atomic E-state index is 12.7. The molecule has 2 aromatic carbocycles. The van der Waals surface area contributed by atoms with Gasteiger partial charge in [0, 0.05) is 37.8 Å². The molecule has 1 aliphatic heterocycles. The molecule has 0 saturated carbocycles. The summed E-state index contributed by atoms with van der Waals surface area (Å²) in [5.41, 5.74) is 3.52.